The fraction of sp³-hybridized carbons (Fsp3) is 0.714. The molecule has 0 amide bonds. The Balaban J connectivity index is 2.21. The van der Waals surface area contributed by atoms with E-state index in [1.165, 1.54) is 12.8 Å². The molecule has 2 rings (SSSR count). The molecule has 1 fully saturated rings. The average Bonchev–Trinajstić information content (AvgIpc) is 2.91. The van der Waals surface area contributed by atoms with Crippen LogP contribution in [0.3, 0.4) is 0 Å². The third kappa shape index (κ3) is 2.20. The minimum Gasteiger partial charge on any atom is -0.299 e. The SMILES string of the molecule is CCC1(C(=O)Cc2c(C)nn(C)c2Cl)CCCC1. The van der Waals surface area contributed by atoms with Gasteiger partial charge in [0.1, 0.15) is 10.9 Å². The molecule has 1 aromatic rings. The molecule has 0 unspecified atom stereocenters. The van der Waals surface area contributed by atoms with Crippen LogP contribution in [0.4, 0.5) is 0 Å². The van der Waals surface area contributed by atoms with Crippen LogP contribution in [0.15, 0.2) is 0 Å². The van der Waals surface area contributed by atoms with Crippen molar-refractivity contribution in [2.45, 2.75) is 52.4 Å². The zero-order valence-electron chi connectivity index (χ0n) is 11.4. The highest BCUT2D eigenvalue weighted by atomic mass is 35.5. The highest BCUT2D eigenvalue weighted by Gasteiger charge is 2.39. The third-order valence-electron chi connectivity index (χ3n) is 4.44. The topological polar surface area (TPSA) is 34.9 Å². The van der Waals surface area contributed by atoms with Crippen LogP contribution >= 0.6 is 11.6 Å². The minimum absolute atomic E-state index is 0.0917. The van der Waals surface area contributed by atoms with Crippen LogP contribution in [0.5, 0.6) is 0 Å². The van der Waals surface area contributed by atoms with E-state index in [4.69, 9.17) is 11.6 Å². The summed E-state index contributed by atoms with van der Waals surface area (Å²) in [6, 6.07) is 0. The monoisotopic (exact) mass is 268 g/mol. The summed E-state index contributed by atoms with van der Waals surface area (Å²) in [4.78, 5) is 12.6. The van der Waals surface area contributed by atoms with Gasteiger partial charge in [0.05, 0.1) is 5.69 Å². The van der Waals surface area contributed by atoms with Crippen molar-refractivity contribution in [1.29, 1.82) is 0 Å². The van der Waals surface area contributed by atoms with Crippen molar-refractivity contribution in [2.24, 2.45) is 12.5 Å². The molecule has 1 saturated carbocycles. The summed E-state index contributed by atoms with van der Waals surface area (Å²) >= 11 is 6.20. The fourth-order valence-corrected chi connectivity index (χ4v) is 3.35. The Morgan fingerprint density at radius 2 is 2.06 bits per heavy atom. The fourth-order valence-electron chi connectivity index (χ4n) is 3.10. The maximum atomic E-state index is 12.6. The van der Waals surface area contributed by atoms with Crippen molar-refractivity contribution in [2.75, 3.05) is 0 Å². The Kier molecular flexibility index (Phi) is 3.81. The van der Waals surface area contributed by atoms with Crippen molar-refractivity contribution < 1.29 is 4.79 Å². The molecular weight excluding hydrogens is 248 g/mol. The lowest BCUT2D eigenvalue weighted by Gasteiger charge is -2.25. The molecule has 4 heteroatoms. The normalized spacial score (nSPS) is 18.2. The molecule has 0 spiro atoms. The summed E-state index contributed by atoms with van der Waals surface area (Å²) in [7, 11) is 1.81. The molecule has 3 nitrogen and oxygen atoms in total. The molecule has 0 radical (unpaired) electrons. The summed E-state index contributed by atoms with van der Waals surface area (Å²) in [5.41, 5.74) is 1.69. The van der Waals surface area contributed by atoms with Gasteiger partial charge in [0.15, 0.2) is 0 Å². The summed E-state index contributed by atoms with van der Waals surface area (Å²) in [5.74, 6) is 0.348. The number of carbonyl (C=O) groups excluding carboxylic acids is 1. The van der Waals surface area contributed by atoms with Gasteiger partial charge >= 0.3 is 0 Å². The van der Waals surface area contributed by atoms with Crippen LogP contribution in [-0.4, -0.2) is 15.6 Å². The van der Waals surface area contributed by atoms with Crippen LogP contribution in [0.25, 0.3) is 0 Å². The lowest BCUT2D eigenvalue weighted by Crippen LogP contribution is -2.29. The van der Waals surface area contributed by atoms with E-state index in [-0.39, 0.29) is 5.41 Å². The number of aryl methyl sites for hydroxylation is 2. The molecule has 1 aliphatic carbocycles. The van der Waals surface area contributed by atoms with Crippen LogP contribution in [0.1, 0.15) is 50.3 Å². The Bertz CT molecular complexity index is 459. The molecular formula is C14H21ClN2O. The molecule has 1 aliphatic rings. The molecule has 0 aromatic carbocycles. The molecule has 18 heavy (non-hydrogen) atoms. The van der Waals surface area contributed by atoms with Crippen molar-refractivity contribution >= 4 is 17.4 Å². The Morgan fingerprint density at radius 3 is 2.50 bits per heavy atom. The van der Waals surface area contributed by atoms with E-state index in [0.29, 0.717) is 17.4 Å². The molecule has 1 heterocycles. The second-order valence-electron chi connectivity index (χ2n) is 5.42. The van der Waals surface area contributed by atoms with Crippen LogP contribution in [0.2, 0.25) is 5.15 Å². The molecule has 0 N–H and O–H groups in total. The first-order chi connectivity index (χ1) is 8.50. The van der Waals surface area contributed by atoms with Gasteiger partial charge in [-0.3, -0.25) is 9.48 Å². The van der Waals surface area contributed by atoms with Crippen molar-refractivity contribution in [1.82, 2.24) is 9.78 Å². The van der Waals surface area contributed by atoms with Crippen LogP contribution in [-0.2, 0) is 18.3 Å². The number of hydrogen-bond donors (Lipinski definition) is 0. The van der Waals surface area contributed by atoms with Crippen LogP contribution < -0.4 is 0 Å². The maximum absolute atomic E-state index is 12.6. The smallest absolute Gasteiger partial charge is 0.143 e. The van der Waals surface area contributed by atoms with Crippen molar-refractivity contribution in [3.05, 3.63) is 16.4 Å². The van der Waals surface area contributed by atoms with Gasteiger partial charge in [0, 0.05) is 24.4 Å². The Morgan fingerprint density at radius 1 is 1.44 bits per heavy atom. The molecule has 0 bridgehead atoms. The lowest BCUT2D eigenvalue weighted by atomic mass is 9.77. The highest BCUT2D eigenvalue weighted by Crippen LogP contribution is 2.42. The van der Waals surface area contributed by atoms with Gasteiger partial charge in [-0.25, -0.2) is 0 Å². The number of halogens is 1. The second kappa shape index (κ2) is 5.04. The quantitative estimate of drug-likeness (QED) is 0.838. The van der Waals surface area contributed by atoms with Crippen LogP contribution in [0, 0.1) is 12.3 Å². The predicted molar refractivity (Wildman–Crippen MR) is 72.9 cm³/mol. The summed E-state index contributed by atoms with van der Waals surface area (Å²) in [6.45, 7) is 4.04. The van der Waals surface area contributed by atoms with E-state index in [2.05, 4.69) is 12.0 Å². The van der Waals surface area contributed by atoms with Gasteiger partial charge in [-0.1, -0.05) is 31.4 Å². The second-order valence-corrected chi connectivity index (χ2v) is 5.78. The zero-order valence-corrected chi connectivity index (χ0v) is 12.2. The number of ketones is 1. The molecule has 0 saturated heterocycles. The third-order valence-corrected chi connectivity index (χ3v) is 4.91. The number of Topliss-reactive ketones (excluding diaryl/α,β-unsaturated/α-hetero) is 1. The first kappa shape index (κ1) is 13.6. The van der Waals surface area contributed by atoms with E-state index >= 15 is 0 Å². The molecule has 1 aromatic heterocycles. The number of rotatable bonds is 4. The standard InChI is InChI=1S/C14H21ClN2O/c1-4-14(7-5-6-8-14)12(18)9-11-10(2)16-17(3)13(11)15/h4-9H2,1-3H3. The van der Waals surface area contributed by atoms with Gasteiger partial charge in [0.2, 0.25) is 0 Å². The molecule has 0 aliphatic heterocycles. The summed E-state index contributed by atoms with van der Waals surface area (Å²) in [5, 5.41) is 4.87. The molecule has 100 valence electrons. The highest BCUT2D eigenvalue weighted by molar-refractivity contribution is 6.30. The summed E-state index contributed by atoms with van der Waals surface area (Å²) in [6.07, 6.45) is 5.83. The zero-order chi connectivity index (χ0) is 13.3. The summed E-state index contributed by atoms with van der Waals surface area (Å²) < 4.78 is 1.65. The van der Waals surface area contributed by atoms with E-state index in [1.807, 2.05) is 14.0 Å². The van der Waals surface area contributed by atoms with Crippen molar-refractivity contribution in [3.8, 4) is 0 Å². The average molecular weight is 269 g/mol. The Hall–Kier alpha value is -0.830. The Labute approximate surface area is 114 Å². The molecule has 0 atom stereocenters. The van der Waals surface area contributed by atoms with Crippen molar-refractivity contribution in [3.63, 3.8) is 0 Å². The largest absolute Gasteiger partial charge is 0.299 e. The van der Waals surface area contributed by atoms with Gasteiger partial charge in [-0.2, -0.15) is 5.10 Å². The minimum atomic E-state index is -0.0917. The lowest BCUT2D eigenvalue weighted by molar-refractivity contribution is -0.128. The van der Waals surface area contributed by atoms with Gasteiger partial charge in [-0.05, 0) is 26.2 Å². The van der Waals surface area contributed by atoms with Gasteiger partial charge < -0.3 is 0 Å². The maximum Gasteiger partial charge on any atom is 0.143 e. The predicted octanol–water partition coefficient (Wildman–Crippen LogP) is 3.46. The number of aromatic nitrogens is 2. The number of hydrogen-bond acceptors (Lipinski definition) is 2. The number of nitrogens with zero attached hydrogens (tertiary/aromatic N) is 2. The first-order valence-electron chi connectivity index (χ1n) is 6.71. The van der Waals surface area contributed by atoms with E-state index in [9.17, 15) is 4.79 Å². The van der Waals surface area contributed by atoms with E-state index in [1.54, 1.807) is 4.68 Å². The van der Waals surface area contributed by atoms with Gasteiger partial charge in [0.25, 0.3) is 0 Å². The van der Waals surface area contributed by atoms with Gasteiger partial charge in [-0.15, -0.1) is 0 Å². The van der Waals surface area contributed by atoms with E-state index < -0.39 is 0 Å². The van der Waals surface area contributed by atoms with E-state index in [0.717, 1.165) is 30.5 Å². The first-order valence-corrected chi connectivity index (χ1v) is 7.09. The number of carbonyl (C=O) groups is 1.